The number of Topliss-reactive ketones (excluding diaryl/α,β-unsaturated/α-hetero) is 1. The average molecular weight is 375 g/mol. The lowest BCUT2D eigenvalue weighted by molar-refractivity contribution is 0.0601. The van der Waals surface area contributed by atoms with Gasteiger partial charge in [0.15, 0.2) is 5.78 Å². The lowest BCUT2D eigenvalue weighted by Gasteiger charge is -2.28. The molecular formula is C23H21NO4. The first kappa shape index (κ1) is 19.2. The predicted molar refractivity (Wildman–Crippen MR) is 109 cm³/mol. The number of hydrogen-bond acceptors (Lipinski definition) is 5. The predicted octanol–water partition coefficient (Wildman–Crippen LogP) is 5.15. The van der Waals surface area contributed by atoms with Crippen LogP contribution < -0.4 is 9.64 Å². The smallest absolute Gasteiger partial charge is 0.339 e. The number of methoxy groups -OCH3 is 2. The average Bonchev–Trinajstić information content (AvgIpc) is 2.74. The number of carbonyl (C=O) groups excluding carboxylic acids is 2. The van der Waals surface area contributed by atoms with Crippen molar-refractivity contribution in [3.05, 3.63) is 83.9 Å². The Morgan fingerprint density at radius 1 is 0.750 bits per heavy atom. The van der Waals surface area contributed by atoms with Gasteiger partial charge < -0.3 is 14.4 Å². The second-order valence-electron chi connectivity index (χ2n) is 6.12. The van der Waals surface area contributed by atoms with E-state index in [0.29, 0.717) is 28.3 Å². The third kappa shape index (κ3) is 3.74. The van der Waals surface area contributed by atoms with Gasteiger partial charge in [-0.2, -0.15) is 0 Å². The van der Waals surface area contributed by atoms with Crippen molar-refractivity contribution in [2.45, 2.75) is 6.92 Å². The maximum Gasteiger partial charge on any atom is 0.339 e. The van der Waals surface area contributed by atoms with Crippen LogP contribution in [0.3, 0.4) is 0 Å². The number of esters is 1. The zero-order valence-electron chi connectivity index (χ0n) is 16.0. The number of anilines is 3. The summed E-state index contributed by atoms with van der Waals surface area (Å²) < 4.78 is 10.2. The fraction of sp³-hybridized carbons (Fsp3) is 0.130. The standard InChI is InChI=1S/C23H21NO4/c1-16(25)19-8-4-6-10-21(19)24(17-12-14-18(27-2)15-13-17)22-11-7-5-9-20(22)23(26)28-3/h4-15H,1-3H3. The molecule has 0 radical (unpaired) electrons. The largest absolute Gasteiger partial charge is 0.497 e. The highest BCUT2D eigenvalue weighted by atomic mass is 16.5. The first-order valence-electron chi connectivity index (χ1n) is 8.78. The van der Waals surface area contributed by atoms with Gasteiger partial charge in [-0.25, -0.2) is 4.79 Å². The first-order chi connectivity index (χ1) is 13.6. The molecule has 0 bridgehead atoms. The first-order valence-corrected chi connectivity index (χ1v) is 8.78. The Bertz CT molecular complexity index is 995. The van der Waals surface area contributed by atoms with E-state index in [-0.39, 0.29) is 5.78 Å². The molecule has 0 saturated heterocycles. The van der Waals surface area contributed by atoms with Gasteiger partial charge in [0.1, 0.15) is 5.75 Å². The van der Waals surface area contributed by atoms with E-state index in [0.717, 1.165) is 5.69 Å². The second-order valence-corrected chi connectivity index (χ2v) is 6.12. The molecule has 0 aliphatic rings. The molecule has 0 aliphatic heterocycles. The summed E-state index contributed by atoms with van der Waals surface area (Å²) in [4.78, 5) is 26.5. The molecule has 0 spiro atoms. The molecule has 0 atom stereocenters. The summed E-state index contributed by atoms with van der Waals surface area (Å²) in [6.45, 7) is 1.53. The van der Waals surface area contributed by atoms with Gasteiger partial charge in [0, 0.05) is 11.3 Å². The molecule has 0 fully saturated rings. The highest BCUT2D eigenvalue weighted by Crippen LogP contribution is 2.39. The number of benzene rings is 3. The molecule has 28 heavy (non-hydrogen) atoms. The number of hydrogen-bond donors (Lipinski definition) is 0. The van der Waals surface area contributed by atoms with E-state index < -0.39 is 5.97 Å². The van der Waals surface area contributed by atoms with Crippen molar-refractivity contribution < 1.29 is 19.1 Å². The minimum atomic E-state index is -0.450. The molecule has 142 valence electrons. The Hall–Kier alpha value is -3.60. The van der Waals surface area contributed by atoms with Crippen LogP contribution in [0.25, 0.3) is 0 Å². The molecule has 0 aliphatic carbocycles. The number of ketones is 1. The Labute approximate surface area is 164 Å². The molecule has 0 amide bonds. The lowest BCUT2D eigenvalue weighted by Crippen LogP contribution is -2.17. The van der Waals surface area contributed by atoms with Crippen molar-refractivity contribution in [2.24, 2.45) is 0 Å². The summed E-state index contributed by atoms with van der Waals surface area (Å²) >= 11 is 0. The van der Waals surface area contributed by atoms with Crippen molar-refractivity contribution in [1.82, 2.24) is 0 Å². The number of nitrogens with zero attached hydrogens (tertiary/aromatic N) is 1. The summed E-state index contributed by atoms with van der Waals surface area (Å²) in [5, 5.41) is 0. The minimum absolute atomic E-state index is 0.0651. The molecule has 5 heteroatoms. The molecule has 0 N–H and O–H groups in total. The number of carbonyl (C=O) groups is 2. The molecule has 3 rings (SSSR count). The van der Waals surface area contributed by atoms with Crippen LogP contribution in [-0.2, 0) is 4.74 Å². The van der Waals surface area contributed by atoms with Gasteiger partial charge in [-0.1, -0.05) is 24.3 Å². The quantitative estimate of drug-likeness (QED) is 0.440. The summed E-state index contributed by atoms with van der Waals surface area (Å²) in [5.41, 5.74) is 3.03. The Kier molecular flexibility index (Phi) is 5.75. The normalized spacial score (nSPS) is 10.2. The summed E-state index contributed by atoms with van der Waals surface area (Å²) in [5.74, 6) is 0.198. The maximum absolute atomic E-state index is 12.4. The SMILES string of the molecule is COC(=O)c1ccccc1N(c1ccc(OC)cc1)c1ccccc1C(C)=O. The van der Waals surface area contributed by atoms with Crippen molar-refractivity contribution in [1.29, 1.82) is 0 Å². The van der Waals surface area contributed by atoms with Crippen LogP contribution in [0, 0.1) is 0 Å². The zero-order chi connectivity index (χ0) is 20.1. The van der Waals surface area contributed by atoms with E-state index in [1.54, 1.807) is 25.3 Å². The summed E-state index contributed by atoms with van der Waals surface area (Å²) in [6.07, 6.45) is 0. The summed E-state index contributed by atoms with van der Waals surface area (Å²) in [6, 6.07) is 21.9. The molecule has 0 unspecified atom stereocenters. The maximum atomic E-state index is 12.4. The van der Waals surface area contributed by atoms with Gasteiger partial charge in [-0.3, -0.25) is 4.79 Å². The van der Waals surface area contributed by atoms with Gasteiger partial charge in [-0.05, 0) is 55.5 Å². The molecule has 3 aromatic rings. The van der Waals surface area contributed by atoms with Gasteiger partial charge in [0.05, 0.1) is 31.2 Å². The summed E-state index contributed by atoms with van der Waals surface area (Å²) in [7, 11) is 2.95. The van der Waals surface area contributed by atoms with E-state index >= 15 is 0 Å². The number of ether oxygens (including phenoxy) is 2. The zero-order valence-corrected chi connectivity index (χ0v) is 16.0. The van der Waals surface area contributed by atoms with Crippen LogP contribution in [0.1, 0.15) is 27.6 Å². The van der Waals surface area contributed by atoms with E-state index in [2.05, 4.69) is 0 Å². The Balaban J connectivity index is 2.28. The third-order valence-electron chi connectivity index (χ3n) is 4.41. The van der Waals surface area contributed by atoms with Crippen LogP contribution >= 0.6 is 0 Å². The van der Waals surface area contributed by atoms with Gasteiger partial charge in [-0.15, -0.1) is 0 Å². The van der Waals surface area contributed by atoms with Crippen LogP contribution in [0.2, 0.25) is 0 Å². The van der Waals surface area contributed by atoms with E-state index in [1.807, 2.05) is 59.5 Å². The minimum Gasteiger partial charge on any atom is -0.497 e. The van der Waals surface area contributed by atoms with E-state index in [1.165, 1.54) is 14.0 Å². The number of para-hydroxylation sites is 2. The number of rotatable bonds is 6. The molecule has 0 aromatic heterocycles. The molecule has 5 nitrogen and oxygen atoms in total. The van der Waals surface area contributed by atoms with E-state index in [9.17, 15) is 9.59 Å². The molecule has 3 aromatic carbocycles. The third-order valence-corrected chi connectivity index (χ3v) is 4.41. The lowest BCUT2D eigenvalue weighted by atomic mass is 10.0. The van der Waals surface area contributed by atoms with Crippen molar-refractivity contribution in [3.63, 3.8) is 0 Å². The van der Waals surface area contributed by atoms with Gasteiger partial charge >= 0.3 is 5.97 Å². The van der Waals surface area contributed by atoms with Crippen molar-refractivity contribution in [2.75, 3.05) is 19.1 Å². The Morgan fingerprint density at radius 2 is 1.29 bits per heavy atom. The van der Waals surface area contributed by atoms with Gasteiger partial charge in [0.25, 0.3) is 0 Å². The Morgan fingerprint density at radius 3 is 1.82 bits per heavy atom. The van der Waals surface area contributed by atoms with Crippen LogP contribution in [-0.4, -0.2) is 26.0 Å². The second kappa shape index (κ2) is 8.39. The van der Waals surface area contributed by atoms with Crippen LogP contribution in [0.4, 0.5) is 17.1 Å². The van der Waals surface area contributed by atoms with Crippen LogP contribution in [0.5, 0.6) is 5.75 Å². The van der Waals surface area contributed by atoms with Crippen molar-refractivity contribution in [3.8, 4) is 5.75 Å². The molecular weight excluding hydrogens is 354 g/mol. The van der Waals surface area contributed by atoms with Crippen LogP contribution in [0.15, 0.2) is 72.8 Å². The van der Waals surface area contributed by atoms with E-state index in [4.69, 9.17) is 9.47 Å². The molecule has 0 heterocycles. The van der Waals surface area contributed by atoms with Gasteiger partial charge in [0.2, 0.25) is 0 Å². The van der Waals surface area contributed by atoms with Crippen molar-refractivity contribution >= 4 is 28.8 Å². The fourth-order valence-electron chi connectivity index (χ4n) is 3.06. The highest BCUT2D eigenvalue weighted by molar-refractivity contribution is 6.04. The molecule has 0 saturated carbocycles. The topological polar surface area (TPSA) is 55.8 Å². The monoisotopic (exact) mass is 375 g/mol. The fourth-order valence-corrected chi connectivity index (χ4v) is 3.06. The highest BCUT2D eigenvalue weighted by Gasteiger charge is 2.22.